The van der Waals surface area contributed by atoms with E-state index in [1.165, 1.54) is 0 Å². The van der Waals surface area contributed by atoms with Gasteiger partial charge < -0.3 is 0 Å². The number of hydrogen-bond acceptors (Lipinski definition) is 4. The van der Waals surface area contributed by atoms with E-state index in [-0.39, 0.29) is 17.6 Å². The standard InChI is InChI=1S/C15H5BrN4/c16-11-1-2-12-13(9(5-17)6-18)4-14(15(12)3-11)10(7-19)8-20/h1-3H,4H2. The van der Waals surface area contributed by atoms with E-state index < -0.39 is 0 Å². The smallest absolute Gasteiger partial charge is 0.133 e. The fourth-order valence-electron chi connectivity index (χ4n) is 2.16. The van der Waals surface area contributed by atoms with Gasteiger partial charge in [-0.1, -0.05) is 22.0 Å². The van der Waals surface area contributed by atoms with Gasteiger partial charge in [0.15, 0.2) is 0 Å². The van der Waals surface area contributed by atoms with E-state index in [4.69, 9.17) is 21.0 Å². The number of nitrogens with zero attached hydrogens (tertiary/aromatic N) is 4. The van der Waals surface area contributed by atoms with Crippen LogP contribution in [-0.2, 0) is 0 Å². The molecule has 0 saturated carbocycles. The lowest BCUT2D eigenvalue weighted by Gasteiger charge is -2.01. The molecule has 92 valence electrons. The molecule has 0 aliphatic heterocycles. The van der Waals surface area contributed by atoms with E-state index in [1.54, 1.807) is 18.2 Å². The summed E-state index contributed by atoms with van der Waals surface area (Å²) in [4.78, 5) is 0. The number of hydrogen-bond donors (Lipinski definition) is 0. The Balaban J connectivity index is 2.86. The first-order valence-corrected chi connectivity index (χ1v) is 6.32. The Morgan fingerprint density at radius 3 is 1.85 bits per heavy atom. The molecule has 0 N–H and O–H groups in total. The summed E-state index contributed by atoms with van der Waals surface area (Å²) in [5.41, 5.74) is 2.59. The van der Waals surface area contributed by atoms with E-state index in [2.05, 4.69) is 15.9 Å². The third-order valence-corrected chi connectivity index (χ3v) is 3.53. The van der Waals surface area contributed by atoms with Gasteiger partial charge in [-0.25, -0.2) is 0 Å². The predicted molar refractivity (Wildman–Crippen MR) is 75.1 cm³/mol. The topological polar surface area (TPSA) is 95.2 Å². The van der Waals surface area contributed by atoms with Crippen molar-refractivity contribution in [2.45, 2.75) is 6.42 Å². The Morgan fingerprint density at radius 2 is 1.35 bits per heavy atom. The van der Waals surface area contributed by atoms with Crippen molar-refractivity contribution in [3.63, 3.8) is 0 Å². The highest BCUT2D eigenvalue weighted by Crippen LogP contribution is 2.44. The minimum Gasteiger partial charge on any atom is -0.192 e. The molecule has 1 aromatic rings. The molecule has 0 atom stereocenters. The first kappa shape index (κ1) is 13.6. The lowest BCUT2D eigenvalue weighted by molar-refractivity contribution is 1.41. The molecule has 0 aromatic heterocycles. The van der Waals surface area contributed by atoms with E-state index in [1.807, 2.05) is 24.3 Å². The van der Waals surface area contributed by atoms with Crippen LogP contribution in [0.3, 0.4) is 0 Å². The monoisotopic (exact) mass is 320 g/mol. The fourth-order valence-corrected chi connectivity index (χ4v) is 2.52. The van der Waals surface area contributed by atoms with Gasteiger partial charge >= 0.3 is 0 Å². The highest BCUT2D eigenvalue weighted by atomic mass is 79.9. The molecule has 1 aromatic carbocycles. The second-order valence-corrected chi connectivity index (χ2v) is 4.94. The summed E-state index contributed by atoms with van der Waals surface area (Å²) in [6, 6.07) is 12.8. The van der Waals surface area contributed by atoms with Gasteiger partial charge in [0.1, 0.15) is 35.4 Å². The van der Waals surface area contributed by atoms with Gasteiger partial charge in [-0.3, -0.25) is 0 Å². The zero-order valence-electron chi connectivity index (χ0n) is 10.1. The van der Waals surface area contributed by atoms with Crippen molar-refractivity contribution in [1.82, 2.24) is 0 Å². The Hall–Kier alpha value is -2.86. The van der Waals surface area contributed by atoms with E-state index in [0.29, 0.717) is 11.1 Å². The van der Waals surface area contributed by atoms with E-state index >= 15 is 0 Å². The van der Waals surface area contributed by atoms with Crippen LogP contribution in [0.15, 0.2) is 33.8 Å². The van der Waals surface area contributed by atoms with Crippen LogP contribution in [-0.4, -0.2) is 0 Å². The summed E-state index contributed by atoms with van der Waals surface area (Å²) in [6.07, 6.45) is 0.249. The van der Waals surface area contributed by atoms with Crippen molar-refractivity contribution in [2.75, 3.05) is 0 Å². The number of halogens is 1. The molecule has 0 bridgehead atoms. The Kier molecular flexibility index (Phi) is 3.67. The van der Waals surface area contributed by atoms with E-state index in [9.17, 15) is 0 Å². The van der Waals surface area contributed by atoms with Crippen molar-refractivity contribution in [3.05, 3.63) is 44.9 Å². The first-order chi connectivity index (χ1) is 9.65. The molecule has 0 amide bonds. The quantitative estimate of drug-likeness (QED) is 0.684. The third-order valence-electron chi connectivity index (χ3n) is 3.04. The van der Waals surface area contributed by atoms with Gasteiger partial charge in [0, 0.05) is 10.9 Å². The molecule has 20 heavy (non-hydrogen) atoms. The maximum absolute atomic E-state index is 9.03. The molecule has 0 radical (unpaired) electrons. The molecule has 0 unspecified atom stereocenters. The summed E-state index contributed by atoms with van der Waals surface area (Å²) < 4.78 is 0.806. The Labute approximate surface area is 124 Å². The maximum atomic E-state index is 9.03. The van der Waals surface area contributed by atoms with Crippen LogP contribution in [0.25, 0.3) is 11.1 Å². The molecule has 0 fully saturated rings. The minimum absolute atomic E-state index is 0.00887. The summed E-state index contributed by atoms with van der Waals surface area (Å²) in [7, 11) is 0. The van der Waals surface area contributed by atoms with Gasteiger partial charge in [0.25, 0.3) is 0 Å². The molecule has 1 aliphatic rings. The Bertz CT molecular complexity index is 801. The molecular formula is C15H5BrN4. The van der Waals surface area contributed by atoms with Crippen LogP contribution in [0, 0.1) is 45.3 Å². The van der Waals surface area contributed by atoms with Crippen molar-refractivity contribution in [3.8, 4) is 24.3 Å². The van der Waals surface area contributed by atoms with Gasteiger partial charge in [-0.15, -0.1) is 0 Å². The van der Waals surface area contributed by atoms with Gasteiger partial charge in [0.2, 0.25) is 0 Å². The normalized spacial score (nSPS) is 11.7. The van der Waals surface area contributed by atoms with Crippen molar-refractivity contribution in [2.24, 2.45) is 0 Å². The molecule has 5 heteroatoms. The summed E-state index contributed by atoms with van der Waals surface area (Å²) in [5, 5.41) is 36.1. The Morgan fingerprint density at radius 1 is 0.850 bits per heavy atom. The summed E-state index contributed by atoms with van der Waals surface area (Å²) in [5.74, 6) is 0. The molecule has 1 aliphatic carbocycles. The number of fused-ring (bicyclic) bond motifs is 1. The predicted octanol–water partition coefficient (Wildman–Crippen LogP) is 3.45. The first-order valence-electron chi connectivity index (χ1n) is 5.53. The van der Waals surface area contributed by atoms with Crippen molar-refractivity contribution < 1.29 is 0 Å². The van der Waals surface area contributed by atoms with Crippen LogP contribution in [0.5, 0.6) is 0 Å². The molecular weight excluding hydrogens is 316 g/mol. The molecule has 0 spiro atoms. The van der Waals surface area contributed by atoms with Crippen LogP contribution < -0.4 is 0 Å². The summed E-state index contributed by atoms with van der Waals surface area (Å²) in [6.45, 7) is 0. The van der Waals surface area contributed by atoms with E-state index in [0.717, 1.165) is 15.6 Å². The summed E-state index contributed by atoms with van der Waals surface area (Å²) >= 11 is 3.34. The van der Waals surface area contributed by atoms with Crippen molar-refractivity contribution in [1.29, 1.82) is 21.0 Å². The van der Waals surface area contributed by atoms with Crippen LogP contribution >= 0.6 is 15.9 Å². The average molecular weight is 321 g/mol. The zero-order chi connectivity index (χ0) is 14.7. The second kappa shape index (κ2) is 5.41. The van der Waals surface area contributed by atoms with Crippen LogP contribution in [0.4, 0.5) is 0 Å². The number of nitriles is 4. The van der Waals surface area contributed by atoms with Gasteiger partial charge in [0.05, 0.1) is 0 Å². The largest absolute Gasteiger partial charge is 0.192 e. The third kappa shape index (κ3) is 2.08. The van der Waals surface area contributed by atoms with Crippen LogP contribution in [0.2, 0.25) is 0 Å². The van der Waals surface area contributed by atoms with Crippen LogP contribution in [0.1, 0.15) is 17.5 Å². The van der Waals surface area contributed by atoms with Gasteiger partial charge in [-0.05, 0) is 34.4 Å². The highest BCUT2D eigenvalue weighted by Gasteiger charge is 2.27. The SMILES string of the molecule is N#CC(C#N)=C1CC(=C(C#N)C#N)c2cc(Br)ccc21. The fraction of sp³-hybridized carbons (Fsp3) is 0.0667. The molecule has 2 rings (SSSR count). The average Bonchev–Trinajstić information content (AvgIpc) is 2.81. The number of benzene rings is 1. The maximum Gasteiger partial charge on any atom is 0.133 e. The molecule has 0 heterocycles. The zero-order valence-corrected chi connectivity index (χ0v) is 11.7. The van der Waals surface area contributed by atoms with Gasteiger partial charge in [-0.2, -0.15) is 21.0 Å². The number of allylic oxidation sites excluding steroid dienone is 4. The highest BCUT2D eigenvalue weighted by molar-refractivity contribution is 9.10. The molecule has 0 saturated heterocycles. The lowest BCUT2D eigenvalue weighted by atomic mass is 10.0. The van der Waals surface area contributed by atoms with Crippen molar-refractivity contribution >= 4 is 27.1 Å². The number of rotatable bonds is 0. The molecule has 4 nitrogen and oxygen atoms in total. The second-order valence-electron chi connectivity index (χ2n) is 4.02. The minimum atomic E-state index is 0.00887. The lowest BCUT2D eigenvalue weighted by Crippen LogP contribution is -1.85.